The Labute approximate surface area is 183 Å². The molecule has 158 valence electrons. The largest absolute Gasteiger partial charge is 0.457 e. The Morgan fingerprint density at radius 1 is 0.871 bits per heavy atom. The van der Waals surface area contributed by atoms with Crippen LogP contribution < -0.4 is 10.1 Å². The number of hydrogen-bond donors (Lipinski definition) is 1. The highest BCUT2D eigenvalue weighted by Gasteiger charge is 2.26. The van der Waals surface area contributed by atoms with Crippen LogP contribution >= 0.6 is 0 Å². The number of amides is 1. The molecule has 3 aromatic carbocycles. The van der Waals surface area contributed by atoms with Crippen molar-refractivity contribution < 1.29 is 9.53 Å². The molecule has 2 aliphatic rings. The third-order valence-corrected chi connectivity index (χ3v) is 6.49. The second-order valence-electron chi connectivity index (χ2n) is 8.47. The van der Waals surface area contributed by atoms with E-state index in [1.807, 2.05) is 54.6 Å². The van der Waals surface area contributed by atoms with Gasteiger partial charge in [-0.25, -0.2) is 0 Å². The van der Waals surface area contributed by atoms with E-state index in [0.29, 0.717) is 17.1 Å². The summed E-state index contributed by atoms with van der Waals surface area (Å²) in [5.41, 5.74) is 4.13. The number of fused-ring (bicyclic) bond motifs is 1. The van der Waals surface area contributed by atoms with Crippen molar-refractivity contribution in [3.63, 3.8) is 0 Å². The summed E-state index contributed by atoms with van der Waals surface area (Å²) < 4.78 is 5.96. The minimum atomic E-state index is -0.156. The highest BCUT2D eigenvalue weighted by molar-refractivity contribution is 6.06. The van der Waals surface area contributed by atoms with E-state index < -0.39 is 0 Å². The Morgan fingerprint density at radius 3 is 2.39 bits per heavy atom. The second-order valence-corrected chi connectivity index (χ2v) is 8.47. The minimum absolute atomic E-state index is 0.156. The molecule has 0 radical (unpaired) electrons. The lowest BCUT2D eigenvalue weighted by atomic mass is 9.91. The summed E-state index contributed by atoms with van der Waals surface area (Å²) in [6, 6.07) is 24.0. The standard InChI is InChI=1S/C27H28N2O2/c30-27(25-11-4-5-12-26(25)31-24-9-2-1-3-10-24)28-22-14-13-20-15-17-29(23-7-6-8-23)18-16-21(20)19-22/h1-5,9-14,19,23H,6-8,15-18H2,(H,28,30). The van der Waals surface area contributed by atoms with Crippen LogP contribution in [0, 0.1) is 0 Å². The normalized spacial score (nSPS) is 16.6. The maximum atomic E-state index is 13.0. The Bertz CT molecular complexity index is 1060. The third kappa shape index (κ3) is 4.49. The van der Waals surface area contributed by atoms with Crippen LogP contribution in [-0.2, 0) is 12.8 Å². The molecule has 0 spiro atoms. The summed E-state index contributed by atoms with van der Waals surface area (Å²) in [6.07, 6.45) is 6.21. The SMILES string of the molecule is O=C(Nc1ccc2c(c1)CCN(C1CCC1)CC2)c1ccccc1Oc1ccccc1. The number of nitrogens with zero attached hydrogens (tertiary/aromatic N) is 1. The van der Waals surface area contributed by atoms with E-state index in [2.05, 4.69) is 22.3 Å². The summed E-state index contributed by atoms with van der Waals surface area (Å²) in [7, 11) is 0. The van der Waals surface area contributed by atoms with Crippen LogP contribution in [0.15, 0.2) is 72.8 Å². The monoisotopic (exact) mass is 412 g/mol. The quantitative estimate of drug-likeness (QED) is 0.586. The molecule has 31 heavy (non-hydrogen) atoms. The number of anilines is 1. The van der Waals surface area contributed by atoms with E-state index in [4.69, 9.17) is 4.74 Å². The van der Waals surface area contributed by atoms with Gasteiger partial charge >= 0.3 is 0 Å². The number of carbonyl (C=O) groups excluding carboxylic acids is 1. The van der Waals surface area contributed by atoms with Crippen LogP contribution in [0.5, 0.6) is 11.5 Å². The van der Waals surface area contributed by atoms with Gasteiger partial charge in [0.2, 0.25) is 0 Å². The van der Waals surface area contributed by atoms with Gasteiger partial charge in [0.15, 0.2) is 0 Å². The fourth-order valence-electron chi connectivity index (χ4n) is 4.49. The Balaban J connectivity index is 1.30. The van der Waals surface area contributed by atoms with Crippen molar-refractivity contribution in [3.8, 4) is 11.5 Å². The molecule has 0 atom stereocenters. The van der Waals surface area contributed by atoms with Crippen LogP contribution in [0.2, 0.25) is 0 Å². The molecule has 1 heterocycles. The van der Waals surface area contributed by atoms with E-state index in [9.17, 15) is 4.79 Å². The summed E-state index contributed by atoms with van der Waals surface area (Å²) in [6.45, 7) is 2.26. The van der Waals surface area contributed by atoms with Gasteiger partial charge in [0.05, 0.1) is 5.56 Å². The molecule has 3 aromatic rings. The van der Waals surface area contributed by atoms with Crippen molar-refractivity contribution in [3.05, 3.63) is 89.5 Å². The first-order valence-electron chi connectivity index (χ1n) is 11.3. The number of hydrogen-bond acceptors (Lipinski definition) is 3. The van der Waals surface area contributed by atoms with Crippen LogP contribution in [0.3, 0.4) is 0 Å². The van der Waals surface area contributed by atoms with Crippen molar-refractivity contribution >= 4 is 11.6 Å². The smallest absolute Gasteiger partial charge is 0.259 e. The predicted molar refractivity (Wildman–Crippen MR) is 124 cm³/mol. The number of para-hydroxylation sites is 2. The van der Waals surface area contributed by atoms with Gasteiger partial charge in [-0.3, -0.25) is 9.69 Å². The maximum Gasteiger partial charge on any atom is 0.259 e. The lowest BCUT2D eigenvalue weighted by Crippen LogP contribution is -2.41. The van der Waals surface area contributed by atoms with E-state index >= 15 is 0 Å². The molecule has 1 aliphatic carbocycles. The molecule has 1 aliphatic heterocycles. The first-order chi connectivity index (χ1) is 15.3. The summed E-state index contributed by atoms with van der Waals surface area (Å²) in [4.78, 5) is 15.7. The number of carbonyl (C=O) groups is 1. The molecular formula is C27H28N2O2. The molecule has 1 N–H and O–H groups in total. The Morgan fingerprint density at radius 2 is 1.61 bits per heavy atom. The molecular weight excluding hydrogens is 384 g/mol. The van der Waals surface area contributed by atoms with Crippen molar-refractivity contribution in [2.45, 2.75) is 38.1 Å². The first-order valence-corrected chi connectivity index (χ1v) is 11.3. The molecule has 1 fully saturated rings. The molecule has 0 aromatic heterocycles. The molecule has 0 bridgehead atoms. The average molecular weight is 413 g/mol. The number of nitrogens with one attached hydrogen (secondary N) is 1. The zero-order chi connectivity index (χ0) is 21.0. The minimum Gasteiger partial charge on any atom is -0.457 e. The zero-order valence-corrected chi connectivity index (χ0v) is 17.7. The number of rotatable bonds is 5. The van der Waals surface area contributed by atoms with Gasteiger partial charge in [-0.15, -0.1) is 0 Å². The van der Waals surface area contributed by atoms with Gasteiger partial charge in [-0.1, -0.05) is 42.8 Å². The highest BCUT2D eigenvalue weighted by atomic mass is 16.5. The van der Waals surface area contributed by atoms with Crippen LogP contribution in [0.25, 0.3) is 0 Å². The molecule has 0 unspecified atom stereocenters. The summed E-state index contributed by atoms with van der Waals surface area (Å²) in [5.74, 6) is 1.11. The van der Waals surface area contributed by atoms with Crippen LogP contribution in [0.1, 0.15) is 40.7 Å². The Hall–Kier alpha value is -3.11. The van der Waals surface area contributed by atoms with Gasteiger partial charge in [-0.05, 0) is 73.2 Å². The van der Waals surface area contributed by atoms with Gasteiger partial charge < -0.3 is 10.1 Å². The summed E-state index contributed by atoms with van der Waals surface area (Å²) >= 11 is 0. The molecule has 0 saturated heterocycles. The average Bonchev–Trinajstić information content (AvgIpc) is 2.96. The van der Waals surface area contributed by atoms with E-state index in [0.717, 1.165) is 37.7 Å². The first kappa shape index (κ1) is 19.8. The predicted octanol–water partition coefficient (Wildman–Crippen LogP) is 5.68. The third-order valence-electron chi connectivity index (χ3n) is 6.49. The van der Waals surface area contributed by atoms with Crippen molar-refractivity contribution in [2.24, 2.45) is 0 Å². The zero-order valence-electron chi connectivity index (χ0n) is 17.7. The molecule has 4 nitrogen and oxygen atoms in total. The highest BCUT2D eigenvalue weighted by Crippen LogP contribution is 2.29. The van der Waals surface area contributed by atoms with E-state index in [1.165, 1.54) is 30.4 Å². The topological polar surface area (TPSA) is 41.6 Å². The lowest BCUT2D eigenvalue weighted by molar-refractivity contribution is 0.102. The van der Waals surface area contributed by atoms with Crippen molar-refractivity contribution in [2.75, 3.05) is 18.4 Å². The van der Waals surface area contributed by atoms with Gasteiger partial charge in [0.25, 0.3) is 5.91 Å². The van der Waals surface area contributed by atoms with Gasteiger partial charge in [0.1, 0.15) is 11.5 Å². The van der Waals surface area contributed by atoms with Crippen LogP contribution in [-0.4, -0.2) is 29.9 Å². The number of ether oxygens (including phenoxy) is 1. The van der Waals surface area contributed by atoms with E-state index in [1.54, 1.807) is 6.07 Å². The summed E-state index contributed by atoms with van der Waals surface area (Å²) in [5, 5.41) is 3.08. The maximum absolute atomic E-state index is 13.0. The fraction of sp³-hybridized carbons (Fsp3) is 0.296. The Kier molecular flexibility index (Phi) is 5.72. The lowest BCUT2D eigenvalue weighted by Gasteiger charge is -2.36. The molecule has 1 amide bonds. The molecule has 1 saturated carbocycles. The van der Waals surface area contributed by atoms with Gasteiger partial charge in [-0.2, -0.15) is 0 Å². The fourth-order valence-corrected chi connectivity index (χ4v) is 4.49. The van der Waals surface area contributed by atoms with Crippen molar-refractivity contribution in [1.29, 1.82) is 0 Å². The molecule has 4 heteroatoms. The van der Waals surface area contributed by atoms with Gasteiger partial charge in [0, 0.05) is 24.8 Å². The number of benzene rings is 3. The van der Waals surface area contributed by atoms with E-state index in [-0.39, 0.29) is 5.91 Å². The molecule has 5 rings (SSSR count). The second kappa shape index (κ2) is 8.94. The van der Waals surface area contributed by atoms with Crippen LogP contribution in [0.4, 0.5) is 5.69 Å². The van der Waals surface area contributed by atoms with Crippen molar-refractivity contribution in [1.82, 2.24) is 4.90 Å².